The fraction of sp³-hybridized carbons (Fsp3) is 0.310. The molecule has 4 aromatic rings. The van der Waals surface area contributed by atoms with Crippen LogP contribution in [-0.2, 0) is 35.3 Å². The Balaban J connectivity index is 1.04. The summed E-state index contributed by atoms with van der Waals surface area (Å²) in [6.07, 6.45) is 8.80. The predicted octanol–water partition coefficient (Wildman–Crippen LogP) is 3.62. The van der Waals surface area contributed by atoms with Gasteiger partial charge in [0.15, 0.2) is 11.6 Å². The average molecular weight is 523 g/mol. The van der Waals surface area contributed by atoms with Crippen LogP contribution >= 0.6 is 0 Å². The van der Waals surface area contributed by atoms with Crippen LogP contribution in [0.5, 0.6) is 0 Å². The number of anilines is 2. The van der Waals surface area contributed by atoms with Gasteiger partial charge in [0.25, 0.3) is 0 Å². The van der Waals surface area contributed by atoms with E-state index in [2.05, 4.69) is 41.0 Å². The van der Waals surface area contributed by atoms with Gasteiger partial charge in [-0.15, -0.1) is 10.2 Å². The fourth-order valence-electron chi connectivity index (χ4n) is 4.92. The Hall–Kier alpha value is -4.60. The number of amides is 2. The molecule has 4 heterocycles. The molecule has 2 N–H and O–H groups in total. The van der Waals surface area contributed by atoms with Crippen molar-refractivity contribution in [1.82, 2.24) is 30.4 Å². The van der Waals surface area contributed by atoms with Gasteiger partial charge in [-0.25, -0.2) is 0 Å². The van der Waals surface area contributed by atoms with Crippen LogP contribution in [0.25, 0.3) is 0 Å². The second kappa shape index (κ2) is 12.8. The molecule has 2 amide bonds. The maximum atomic E-state index is 12.2. The molecule has 10 heteroatoms. The molecule has 39 heavy (non-hydrogen) atoms. The molecule has 1 aliphatic carbocycles. The molecule has 0 spiro atoms. The van der Waals surface area contributed by atoms with Gasteiger partial charge in [0.1, 0.15) is 0 Å². The summed E-state index contributed by atoms with van der Waals surface area (Å²) in [5.74, 6) is 1.62. The lowest BCUT2D eigenvalue weighted by Crippen LogP contribution is -2.16. The smallest absolute Gasteiger partial charge is 0.231 e. The SMILES string of the molecule is O=C(Cc1ccccn1)Nc1ccc(CC2CCC(Cc3ccc(NC(=O)Cc4ccccn4)nn3)C2)nn1. The molecule has 0 radical (unpaired) electrons. The predicted molar refractivity (Wildman–Crippen MR) is 145 cm³/mol. The van der Waals surface area contributed by atoms with Gasteiger partial charge in [-0.2, -0.15) is 10.2 Å². The number of pyridine rings is 2. The van der Waals surface area contributed by atoms with Crippen molar-refractivity contribution < 1.29 is 9.59 Å². The van der Waals surface area contributed by atoms with Gasteiger partial charge in [0.05, 0.1) is 24.2 Å². The highest BCUT2D eigenvalue weighted by molar-refractivity contribution is 5.91. The summed E-state index contributed by atoms with van der Waals surface area (Å²) in [5.41, 5.74) is 3.27. The van der Waals surface area contributed by atoms with Crippen molar-refractivity contribution in [3.05, 3.63) is 95.8 Å². The fourth-order valence-corrected chi connectivity index (χ4v) is 4.92. The summed E-state index contributed by atoms with van der Waals surface area (Å²) in [6, 6.07) is 18.5. The zero-order valence-corrected chi connectivity index (χ0v) is 21.5. The number of aromatic nitrogens is 6. The van der Waals surface area contributed by atoms with Crippen LogP contribution in [0.1, 0.15) is 42.0 Å². The molecule has 5 rings (SSSR count). The van der Waals surface area contributed by atoms with Crippen molar-refractivity contribution in [3.63, 3.8) is 0 Å². The topological polar surface area (TPSA) is 136 Å². The van der Waals surface area contributed by atoms with E-state index >= 15 is 0 Å². The van der Waals surface area contributed by atoms with Crippen molar-refractivity contribution in [2.24, 2.45) is 11.8 Å². The molecule has 2 atom stereocenters. The maximum absolute atomic E-state index is 12.2. The molecule has 10 nitrogen and oxygen atoms in total. The van der Waals surface area contributed by atoms with E-state index in [9.17, 15) is 9.59 Å². The van der Waals surface area contributed by atoms with Gasteiger partial charge in [0.2, 0.25) is 11.8 Å². The van der Waals surface area contributed by atoms with E-state index in [-0.39, 0.29) is 24.7 Å². The van der Waals surface area contributed by atoms with Gasteiger partial charge in [-0.05, 0) is 92.5 Å². The molecular formula is C29H30N8O2. The number of rotatable bonds is 10. The van der Waals surface area contributed by atoms with Crippen LogP contribution in [0.15, 0.2) is 73.1 Å². The summed E-state index contributed by atoms with van der Waals surface area (Å²) >= 11 is 0. The second-order valence-electron chi connectivity index (χ2n) is 9.87. The molecule has 2 unspecified atom stereocenters. The lowest BCUT2D eigenvalue weighted by molar-refractivity contribution is -0.116. The number of nitrogens with zero attached hydrogens (tertiary/aromatic N) is 6. The molecular weight excluding hydrogens is 492 g/mol. The Morgan fingerprint density at radius 1 is 0.615 bits per heavy atom. The Kier molecular flexibility index (Phi) is 8.52. The van der Waals surface area contributed by atoms with Crippen molar-refractivity contribution in [2.75, 3.05) is 10.6 Å². The third kappa shape index (κ3) is 7.94. The largest absolute Gasteiger partial charge is 0.309 e. The van der Waals surface area contributed by atoms with Crippen molar-refractivity contribution in [3.8, 4) is 0 Å². The highest BCUT2D eigenvalue weighted by Crippen LogP contribution is 2.34. The highest BCUT2D eigenvalue weighted by atomic mass is 16.2. The van der Waals surface area contributed by atoms with Gasteiger partial charge >= 0.3 is 0 Å². The Labute approximate surface area is 226 Å². The maximum Gasteiger partial charge on any atom is 0.231 e. The number of nitrogens with one attached hydrogen (secondary N) is 2. The van der Waals surface area contributed by atoms with E-state index in [1.54, 1.807) is 24.5 Å². The van der Waals surface area contributed by atoms with E-state index in [0.29, 0.717) is 34.9 Å². The van der Waals surface area contributed by atoms with Gasteiger partial charge in [-0.1, -0.05) is 12.1 Å². The molecule has 0 aromatic carbocycles. The number of hydrogen-bond donors (Lipinski definition) is 2. The lowest BCUT2D eigenvalue weighted by atomic mass is 9.97. The molecule has 1 fully saturated rings. The molecule has 198 valence electrons. The Morgan fingerprint density at radius 3 is 1.49 bits per heavy atom. The van der Waals surface area contributed by atoms with E-state index in [4.69, 9.17) is 0 Å². The van der Waals surface area contributed by atoms with Crippen molar-refractivity contribution >= 4 is 23.5 Å². The van der Waals surface area contributed by atoms with Crippen LogP contribution in [0.4, 0.5) is 11.6 Å². The van der Waals surface area contributed by atoms with Crippen LogP contribution in [-0.4, -0.2) is 42.2 Å². The first-order valence-electron chi connectivity index (χ1n) is 13.1. The highest BCUT2D eigenvalue weighted by Gasteiger charge is 2.26. The lowest BCUT2D eigenvalue weighted by Gasteiger charge is -2.11. The summed E-state index contributed by atoms with van der Waals surface area (Å²) in [7, 11) is 0. The Morgan fingerprint density at radius 2 is 1.10 bits per heavy atom. The van der Waals surface area contributed by atoms with Crippen LogP contribution in [0, 0.1) is 11.8 Å². The number of carbonyl (C=O) groups excluding carboxylic acids is 2. The first kappa shape index (κ1) is 26.0. The van der Waals surface area contributed by atoms with Crippen LogP contribution in [0.2, 0.25) is 0 Å². The van der Waals surface area contributed by atoms with E-state index in [1.165, 1.54) is 0 Å². The summed E-state index contributed by atoms with van der Waals surface area (Å²) < 4.78 is 0. The summed E-state index contributed by atoms with van der Waals surface area (Å²) in [4.78, 5) is 32.8. The van der Waals surface area contributed by atoms with E-state index in [0.717, 1.165) is 43.5 Å². The number of carbonyl (C=O) groups is 2. The zero-order chi connectivity index (χ0) is 26.9. The average Bonchev–Trinajstić information content (AvgIpc) is 3.38. The van der Waals surface area contributed by atoms with Crippen molar-refractivity contribution in [1.29, 1.82) is 0 Å². The second-order valence-corrected chi connectivity index (χ2v) is 9.87. The standard InChI is InChI=1S/C29H30N8O2/c38-28(18-22-5-1-3-13-30-22)32-26-11-9-24(34-36-26)16-20-7-8-21(15-20)17-25-10-12-27(37-35-25)33-29(39)19-23-6-2-4-14-31-23/h1-6,9-14,20-21H,7-8,15-19H2,(H,32,36,38)(H,33,37,39). The summed E-state index contributed by atoms with van der Waals surface area (Å²) in [5, 5.41) is 22.6. The zero-order valence-electron chi connectivity index (χ0n) is 21.5. The van der Waals surface area contributed by atoms with Crippen LogP contribution in [0.3, 0.4) is 0 Å². The third-order valence-electron chi connectivity index (χ3n) is 6.76. The van der Waals surface area contributed by atoms with Crippen LogP contribution < -0.4 is 10.6 Å². The molecule has 0 bridgehead atoms. The molecule has 0 saturated heterocycles. The quantitative estimate of drug-likeness (QED) is 0.322. The van der Waals surface area contributed by atoms with Gasteiger partial charge < -0.3 is 10.6 Å². The van der Waals surface area contributed by atoms with E-state index < -0.39 is 0 Å². The molecule has 0 aliphatic heterocycles. The molecule has 1 aliphatic rings. The minimum absolute atomic E-state index is 0.169. The molecule has 1 saturated carbocycles. The first-order valence-corrected chi connectivity index (χ1v) is 13.1. The van der Waals surface area contributed by atoms with Gasteiger partial charge in [-0.3, -0.25) is 19.6 Å². The van der Waals surface area contributed by atoms with Gasteiger partial charge in [0, 0.05) is 23.8 Å². The monoisotopic (exact) mass is 522 g/mol. The Bertz CT molecular complexity index is 1260. The minimum atomic E-state index is -0.169. The first-order chi connectivity index (χ1) is 19.1. The summed E-state index contributed by atoms with van der Waals surface area (Å²) in [6.45, 7) is 0. The normalized spacial score (nSPS) is 16.5. The van der Waals surface area contributed by atoms with E-state index in [1.807, 2.05) is 48.5 Å². The van der Waals surface area contributed by atoms with Crippen molar-refractivity contribution in [2.45, 2.75) is 44.9 Å². The molecule has 4 aromatic heterocycles. The third-order valence-corrected chi connectivity index (χ3v) is 6.76. The number of hydrogen-bond acceptors (Lipinski definition) is 8. The minimum Gasteiger partial charge on any atom is -0.309 e.